The molecule has 31 heavy (non-hydrogen) atoms. The Balaban J connectivity index is 1.45. The van der Waals surface area contributed by atoms with Crippen molar-refractivity contribution in [1.82, 2.24) is 0 Å². The molecule has 5 N–H and O–H groups in total. The molecule has 0 unspecified atom stereocenters. The minimum atomic E-state index is -1.73. The Bertz CT molecular complexity index is 1050. The van der Waals surface area contributed by atoms with Gasteiger partial charge in [0.15, 0.2) is 24.3 Å². The second kappa shape index (κ2) is 7.22. The molecule has 1 aromatic heterocycles. The molecule has 3 aliphatic heterocycles. The lowest BCUT2D eigenvalue weighted by atomic mass is 9.95. The van der Waals surface area contributed by atoms with Gasteiger partial charge in [-0.25, -0.2) is 4.79 Å². The van der Waals surface area contributed by atoms with Gasteiger partial charge in [0.2, 0.25) is 0 Å². The van der Waals surface area contributed by atoms with E-state index in [2.05, 4.69) is 0 Å². The van der Waals surface area contributed by atoms with Crippen molar-refractivity contribution in [3.05, 3.63) is 40.2 Å². The zero-order chi connectivity index (χ0) is 22.1. The first-order chi connectivity index (χ1) is 14.7. The molecule has 0 aliphatic carbocycles. The van der Waals surface area contributed by atoms with E-state index in [1.165, 1.54) is 13.0 Å². The van der Waals surface area contributed by atoms with Crippen molar-refractivity contribution in [2.75, 3.05) is 6.61 Å². The normalized spacial score (nSPS) is 41.7. The number of hydrogen-bond donors (Lipinski definition) is 5. The largest absolute Gasteiger partial charge is 0.484 e. The van der Waals surface area contributed by atoms with Crippen molar-refractivity contribution in [1.29, 1.82) is 0 Å². The van der Waals surface area contributed by atoms with Crippen LogP contribution in [-0.2, 0) is 14.2 Å². The van der Waals surface area contributed by atoms with Crippen LogP contribution < -0.4 is 10.4 Å². The molecule has 9 atom stereocenters. The number of rotatable bonds is 3. The van der Waals surface area contributed by atoms with E-state index in [9.17, 15) is 30.3 Å². The second-order valence-electron chi connectivity index (χ2n) is 8.14. The van der Waals surface area contributed by atoms with Crippen LogP contribution in [0.4, 0.5) is 0 Å². The highest BCUT2D eigenvalue weighted by atomic mass is 16.8. The molecule has 11 heteroatoms. The molecule has 0 bridgehead atoms. The predicted molar refractivity (Wildman–Crippen MR) is 100.0 cm³/mol. The van der Waals surface area contributed by atoms with Crippen LogP contribution in [0.25, 0.3) is 11.0 Å². The number of fused-ring (bicyclic) bond motifs is 5. The van der Waals surface area contributed by atoms with Gasteiger partial charge in [-0.1, -0.05) is 0 Å². The van der Waals surface area contributed by atoms with Crippen molar-refractivity contribution in [3.8, 4) is 5.75 Å². The van der Waals surface area contributed by atoms with Gasteiger partial charge >= 0.3 is 5.63 Å². The summed E-state index contributed by atoms with van der Waals surface area (Å²) in [5, 5.41) is 51.2. The van der Waals surface area contributed by atoms with Gasteiger partial charge in [-0.05, 0) is 25.1 Å². The van der Waals surface area contributed by atoms with Gasteiger partial charge in [0.05, 0.1) is 12.2 Å². The maximum absolute atomic E-state index is 11.8. The summed E-state index contributed by atoms with van der Waals surface area (Å²) in [5.74, 6) is 0.392. The highest BCUT2D eigenvalue weighted by molar-refractivity contribution is 5.83. The van der Waals surface area contributed by atoms with E-state index >= 15 is 0 Å². The maximum Gasteiger partial charge on any atom is 0.336 e. The SMILES string of the molecule is C[C@]1(O)[C@H](O[C@H]2O[C@H](CO)[C@@H](O)[C@H](O)[C@H]2O)O[C@@H]2c3c(ccc4ccc(=O)oc34)O[C@H]21. The molecule has 11 nitrogen and oxygen atoms in total. The summed E-state index contributed by atoms with van der Waals surface area (Å²) in [4.78, 5) is 11.8. The Hall–Kier alpha value is -2.09. The lowest BCUT2D eigenvalue weighted by Crippen LogP contribution is -2.61. The van der Waals surface area contributed by atoms with E-state index in [0.29, 0.717) is 16.7 Å². The molecule has 0 amide bonds. The van der Waals surface area contributed by atoms with E-state index in [1.54, 1.807) is 18.2 Å². The van der Waals surface area contributed by atoms with Crippen LogP contribution in [0.3, 0.4) is 0 Å². The highest BCUT2D eigenvalue weighted by Crippen LogP contribution is 2.52. The van der Waals surface area contributed by atoms with Gasteiger partial charge in [0, 0.05) is 11.5 Å². The van der Waals surface area contributed by atoms with E-state index in [0.717, 1.165) is 0 Å². The number of aliphatic hydroxyl groups excluding tert-OH is 4. The van der Waals surface area contributed by atoms with Crippen LogP contribution in [-0.4, -0.2) is 80.8 Å². The van der Waals surface area contributed by atoms with E-state index in [1.807, 2.05) is 0 Å². The zero-order valence-corrected chi connectivity index (χ0v) is 16.3. The topological polar surface area (TPSA) is 168 Å². The maximum atomic E-state index is 11.8. The summed E-state index contributed by atoms with van der Waals surface area (Å²) in [6.45, 7) is 0.788. The Labute approximate surface area is 175 Å². The molecule has 5 rings (SSSR count). The van der Waals surface area contributed by atoms with Crippen molar-refractivity contribution in [2.45, 2.75) is 61.7 Å². The van der Waals surface area contributed by atoms with Crippen LogP contribution in [0.5, 0.6) is 5.75 Å². The highest BCUT2D eigenvalue weighted by Gasteiger charge is 2.61. The predicted octanol–water partition coefficient (Wildman–Crippen LogP) is -1.48. The quantitative estimate of drug-likeness (QED) is 0.354. The summed E-state index contributed by atoms with van der Waals surface area (Å²) in [7, 11) is 0. The first kappa shape index (κ1) is 20.8. The van der Waals surface area contributed by atoms with Gasteiger partial charge in [-0.15, -0.1) is 0 Å². The smallest absolute Gasteiger partial charge is 0.336 e. The molecule has 2 aromatic rings. The molecule has 2 saturated heterocycles. The van der Waals surface area contributed by atoms with Gasteiger partial charge in [-0.3, -0.25) is 0 Å². The lowest BCUT2D eigenvalue weighted by molar-refractivity contribution is -0.349. The standard InChI is InChI=1S/C20H22O11/c1-20(26)17-16(11-8(27-17)4-2-7-3-5-10(22)29-15(7)11)30-19(20)31-18-14(25)13(24)12(23)9(6-21)28-18/h2-5,9,12-14,16-19,21,23-26H,6H2,1H3/t9-,12-,13+,14-,16-,17-,18-,19+,20-/m1/s1. The fraction of sp³-hybridized carbons (Fsp3) is 0.550. The Morgan fingerprint density at radius 1 is 1.06 bits per heavy atom. The van der Waals surface area contributed by atoms with E-state index in [-0.39, 0.29) is 5.58 Å². The van der Waals surface area contributed by atoms with Crippen LogP contribution in [0.1, 0.15) is 18.6 Å². The van der Waals surface area contributed by atoms with Crippen molar-refractivity contribution in [2.24, 2.45) is 0 Å². The number of ether oxygens (including phenoxy) is 4. The minimum absolute atomic E-state index is 0.266. The third kappa shape index (κ3) is 3.09. The van der Waals surface area contributed by atoms with Crippen LogP contribution >= 0.6 is 0 Å². The third-order valence-electron chi connectivity index (χ3n) is 6.03. The Kier molecular flexibility index (Phi) is 4.84. The van der Waals surface area contributed by atoms with Crippen molar-refractivity contribution >= 4 is 11.0 Å². The first-order valence-electron chi connectivity index (χ1n) is 9.79. The zero-order valence-electron chi connectivity index (χ0n) is 16.3. The van der Waals surface area contributed by atoms with Crippen molar-refractivity contribution in [3.63, 3.8) is 0 Å². The minimum Gasteiger partial charge on any atom is -0.484 e. The summed E-state index contributed by atoms with van der Waals surface area (Å²) < 4.78 is 28.1. The molecular weight excluding hydrogens is 416 g/mol. The van der Waals surface area contributed by atoms with Crippen LogP contribution in [0.15, 0.2) is 33.5 Å². The fourth-order valence-electron chi connectivity index (χ4n) is 4.30. The van der Waals surface area contributed by atoms with Gasteiger partial charge in [0.25, 0.3) is 0 Å². The molecule has 0 radical (unpaired) electrons. The molecule has 2 fully saturated rings. The fourth-order valence-corrected chi connectivity index (χ4v) is 4.30. The molecular formula is C20H22O11. The molecule has 0 saturated carbocycles. The van der Waals surface area contributed by atoms with Gasteiger partial charge in [-0.2, -0.15) is 0 Å². The van der Waals surface area contributed by atoms with Crippen molar-refractivity contribution < 1.29 is 48.9 Å². The Morgan fingerprint density at radius 3 is 2.55 bits per heavy atom. The molecule has 3 aliphatic rings. The molecule has 0 spiro atoms. The summed E-state index contributed by atoms with van der Waals surface area (Å²) >= 11 is 0. The average Bonchev–Trinajstić information content (AvgIpc) is 3.23. The van der Waals surface area contributed by atoms with Crippen LogP contribution in [0, 0.1) is 0 Å². The molecule has 1 aromatic carbocycles. The van der Waals surface area contributed by atoms with Crippen LogP contribution in [0.2, 0.25) is 0 Å². The summed E-state index contributed by atoms with van der Waals surface area (Å²) in [5.41, 5.74) is -1.57. The number of benzene rings is 1. The van der Waals surface area contributed by atoms with E-state index in [4.69, 9.17) is 23.4 Å². The van der Waals surface area contributed by atoms with E-state index < -0.39 is 67.0 Å². The van der Waals surface area contributed by atoms with Gasteiger partial charge in [0.1, 0.15) is 41.9 Å². The third-order valence-corrected chi connectivity index (χ3v) is 6.03. The summed E-state index contributed by atoms with van der Waals surface area (Å²) in [6.07, 6.45) is -10.7. The number of hydrogen-bond acceptors (Lipinski definition) is 11. The average molecular weight is 438 g/mol. The Morgan fingerprint density at radius 2 is 1.81 bits per heavy atom. The van der Waals surface area contributed by atoms with Gasteiger partial charge < -0.3 is 48.9 Å². The monoisotopic (exact) mass is 438 g/mol. The second-order valence-corrected chi connectivity index (χ2v) is 8.14. The summed E-state index contributed by atoms with van der Waals surface area (Å²) in [6, 6.07) is 6.29. The molecule has 4 heterocycles. The number of aliphatic hydroxyl groups is 5. The lowest BCUT2D eigenvalue weighted by Gasteiger charge is -2.41. The molecule has 168 valence electrons. The first-order valence-corrected chi connectivity index (χ1v) is 9.79.